The van der Waals surface area contributed by atoms with E-state index in [4.69, 9.17) is 4.74 Å². The third kappa shape index (κ3) is 4.81. The summed E-state index contributed by atoms with van der Waals surface area (Å²) in [6.07, 6.45) is 0.896. The van der Waals surface area contributed by atoms with Gasteiger partial charge in [-0.15, -0.1) is 11.3 Å². The van der Waals surface area contributed by atoms with Crippen LogP contribution in [0.3, 0.4) is 0 Å². The van der Waals surface area contributed by atoms with Crippen LogP contribution >= 0.6 is 11.3 Å². The third-order valence-corrected chi connectivity index (χ3v) is 5.02. The maximum absolute atomic E-state index is 12.9. The Kier molecular flexibility index (Phi) is 6.36. The molecule has 0 atom stereocenters. The second-order valence-electron chi connectivity index (χ2n) is 6.47. The van der Waals surface area contributed by atoms with Crippen molar-refractivity contribution < 1.29 is 4.74 Å². The van der Waals surface area contributed by atoms with E-state index in [1.54, 1.807) is 22.0 Å². The SMILES string of the molecule is C/C(=N/Nc1nc2ccccc2c(=O)n1CCCOC(C)C)c1cccs1. The molecule has 142 valence electrons. The molecule has 3 aromatic rings. The van der Waals surface area contributed by atoms with Gasteiger partial charge in [0, 0.05) is 18.0 Å². The van der Waals surface area contributed by atoms with E-state index in [9.17, 15) is 4.79 Å². The monoisotopic (exact) mass is 384 g/mol. The first-order valence-electron chi connectivity index (χ1n) is 9.01. The Morgan fingerprint density at radius 3 is 2.85 bits per heavy atom. The summed E-state index contributed by atoms with van der Waals surface area (Å²) in [6, 6.07) is 11.4. The molecular formula is C20H24N4O2S. The first kappa shape index (κ1) is 19.3. The van der Waals surface area contributed by atoms with E-state index >= 15 is 0 Å². The maximum Gasteiger partial charge on any atom is 0.262 e. The zero-order valence-electron chi connectivity index (χ0n) is 15.8. The highest BCUT2D eigenvalue weighted by Gasteiger charge is 2.11. The van der Waals surface area contributed by atoms with Crippen LogP contribution in [0.15, 0.2) is 51.7 Å². The summed E-state index contributed by atoms with van der Waals surface area (Å²) in [5, 5.41) is 7.04. The number of benzene rings is 1. The predicted molar refractivity (Wildman–Crippen MR) is 112 cm³/mol. The summed E-state index contributed by atoms with van der Waals surface area (Å²) in [5.74, 6) is 0.444. The van der Waals surface area contributed by atoms with E-state index in [0.717, 1.165) is 17.0 Å². The van der Waals surface area contributed by atoms with Gasteiger partial charge in [0.15, 0.2) is 0 Å². The summed E-state index contributed by atoms with van der Waals surface area (Å²) < 4.78 is 7.23. The van der Waals surface area contributed by atoms with Gasteiger partial charge in [0.05, 0.1) is 22.7 Å². The number of ether oxygens (including phenoxy) is 1. The Bertz CT molecular complexity index is 977. The maximum atomic E-state index is 12.9. The van der Waals surface area contributed by atoms with Crippen LogP contribution in [-0.2, 0) is 11.3 Å². The zero-order chi connectivity index (χ0) is 19.2. The number of aromatic nitrogens is 2. The van der Waals surface area contributed by atoms with Crippen LogP contribution in [0, 0.1) is 0 Å². The van der Waals surface area contributed by atoms with E-state index < -0.39 is 0 Å². The van der Waals surface area contributed by atoms with Gasteiger partial charge in [-0.2, -0.15) is 5.10 Å². The number of fused-ring (bicyclic) bond motifs is 1. The minimum absolute atomic E-state index is 0.0726. The van der Waals surface area contributed by atoms with Crippen molar-refractivity contribution in [3.05, 3.63) is 57.0 Å². The fraction of sp³-hybridized carbons (Fsp3) is 0.350. The molecule has 0 saturated carbocycles. The topological polar surface area (TPSA) is 68.5 Å². The van der Waals surface area contributed by atoms with E-state index in [1.165, 1.54) is 0 Å². The van der Waals surface area contributed by atoms with Gasteiger partial charge in [-0.05, 0) is 50.8 Å². The highest BCUT2D eigenvalue weighted by molar-refractivity contribution is 7.12. The van der Waals surface area contributed by atoms with Gasteiger partial charge in [-0.25, -0.2) is 10.4 Å². The van der Waals surface area contributed by atoms with E-state index in [2.05, 4.69) is 15.5 Å². The largest absolute Gasteiger partial charge is 0.379 e. The van der Waals surface area contributed by atoms with Gasteiger partial charge >= 0.3 is 0 Å². The van der Waals surface area contributed by atoms with Crippen molar-refractivity contribution in [1.82, 2.24) is 9.55 Å². The number of nitrogens with one attached hydrogen (secondary N) is 1. The lowest BCUT2D eigenvalue weighted by molar-refractivity contribution is 0.0748. The Labute approximate surface area is 162 Å². The van der Waals surface area contributed by atoms with E-state index in [0.29, 0.717) is 30.0 Å². The lowest BCUT2D eigenvalue weighted by Gasteiger charge is -2.14. The molecule has 7 heteroatoms. The molecule has 0 spiro atoms. The number of thiophene rings is 1. The normalized spacial score (nSPS) is 12.1. The molecule has 0 amide bonds. The summed E-state index contributed by atoms with van der Waals surface area (Å²) >= 11 is 1.62. The molecule has 0 fully saturated rings. The van der Waals surface area contributed by atoms with Crippen molar-refractivity contribution in [2.24, 2.45) is 5.10 Å². The Hall–Kier alpha value is -2.51. The van der Waals surface area contributed by atoms with Crippen LogP contribution in [0.5, 0.6) is 0 Å². The van der Waals surface area contributed by atoms with Crippen LogP contribution < -0.4 is 11.0 Å². The molecule has 0 aliphatic heterocycles. The number of para-hydroxylation sites is 1. The number of rotatable bonds is 8. The number of anilines is 1. The average molecular weight is 385 g/mol. The zero-order valence-corrected chi connectivity index (χ0v) is 16.6. The van der Waals surface area contributed by atoms with Crippen molar-refractivity contribution in [2.45, 2.75) is 39.8 Å². The number of nitrogens with zero attached hydrogens (tertiary/aromatic N) is 3. The molecule has 0 saturated heterocycles. The number of hydrogen-bond donors (Lipinski definition) is 1. The smallest absolute Gasteiger partial charge is 0.262 e. The molecule has 1 aromatic carbocycles. The first-order valence-corrected chi connectivity index (χ1v) is 9.89. The molecule has 0 aliphatic carbocycles. The molecule has 0 radical (unpaired) electrons. The molecule has 3 rings (SSSR count). The standard InChI is InChI=1S/C20H24N4O2S/c1-14(2)26-12-7-11-24-19(25)16-8-4-5-9-17(16)21-20(24)23-22-15(3)18-10-6-13-27-18/h4-6,8-10,13-14H,7,11-12H2,1-3H3,(H,21,23)/b22-15-. The van der Waals surface area contributed by atoms with Gasteiger partial charge in [0.25, 0.3) is 5.56 Å². The summed E-state index contributed by atoms with van der Waals surface area (Å²) in [7, 11) is 0. The fourth-order valence-corrected chi connectivity index (χ4v) is 3.35. The summed E-state index contributed by atoms with van der Waals surface area (Å²) in [4.78, 5) is 18.6. The minimum Gasteiger partial charge on any atom is -0.379 e. The van der Waals surface area contributed by atoms with Crippen LogP contribution in [0.1, 0.15) is 32.1 Å². The lowest BCUT2D eigenvalue weighted by atomic mass is 10.2. The molecule has 0 unspecified atom stereocenters. The average Bonchev–Trinajstić information content (AvgIpc) is 3.19. The highest BCUT2D eigenvalue weighted by atomic mass is 32.1. The lowest BCUT2D eigenvalue weighted by Crippen LogP contribution is -2.25. The number of hydrazone groups is 1. The van der Waals surface area contributed by atoms with Gasteiger partial charge in [0.1, 0.15) is 0 Å². The molecule has 6 nitrogen and oxygen atoms in total. The second-order valence-corrected chi connectivity index (χ2v) is 7.42. The molecule has 2 aromatic heterocycles. The highest BCUT2D eigenvalue weighted by Crippen LogP contribution is 2.14. The van der Waals surface area contributed by atoms with Crippen molar-refractivity contribution in [3.8, 4) is 0 Å². The van der Waals surface area contributed by atoms with E-state index in [1.807, 2.05) is 56.5 Å². The Morgan fingerprint density at radius 1 is 1.30 bits per heavy atom. The second kappa shape index (κ2) is 8.92. The predicted octanol–water partition coefficient (Wildman–Crippen LogP) is 4.11. The van der Waals surface area contributed by atoms with Gasteiger partial charge in [-0.1, -0.05) is 18.2 Å². The number of hydrogen-bond acceptors (Lipinski definition) is 6. The van der Waals surface area contributed by atoms with Crippen molar-refractivity contribution in [3.63, 3.8) is 0 Å². The molecule has 2 heterocycles. The van der Waals surface area contributed by atoms with Crippen LogP contribution in [0.4, 0.5) is 5.95 Å². The van der Waals surface area contributed by atoms with Crippen molar-refractivity contribution in [2.75, 3.05) is 12.0 Å². The van der Waals surface area contributed by atoms with Crippen LogP contribution in [-0.4, -0.2) is 28.0 Å². The van der Waals surface area contributed by atoms with Crippen molar-refractivity contribution >= 4 is 33.9 Å². The van der Waals surface area contributed by atoms with Crippen LogP contribution in [0.25, 0.3) is 10.9 Å². The quantitative estimate of drug-likeness (QED) is 0.360. The Balaban J connectivity index is 1.90. The molecular weight excluding hydrogens is 360 g/mol. The van der Waals surface area contributed by atoms with Gasteiger partial charge in [-0.3, -0.25) is 9.36 Å². The molecule has 0 bridgehead atoms. The van der Waals surface area contributed by atoms with Crippen LogP contribution in [0.2, 0.25) is 0 Å². The van der Waals surface area contributed by atoms with Gasteiger partial charge < -0.3 is 4.74 Å². The van der Waals surface area contributed by atoms with Crippen molar-refractivity contribution in [1.29, 1.82) is 0 Å². The van der Waals surface area contributed by atoms with Gasteiger partial charge in [0.2, 0.25) is 5.95 Å². The van der Waals surface area contributed by atoms with E-state index in [-0.39, 0.29) is 11.7 Å². The first-order chi connectivity index (χ1) is 13.1. The molecule has 0 aliphatic rings. The Morgan fingerprint density at radius 2 is 2.11 bits per heavy atom. The molecule has 27 heavy (non-hydrogen) atoms. The third-order valence-electron chi connectivity index (χ3n) is 4.04. The summed E-state index contributed by atoms with van der Waals surface area (Å²) in [5.41, 5.74) is 4.42. The summed E-state index contributed by atoms with van der Waals surface area (Å²) in [6.45, 7) is 7.03. The fourth-order valence-electron chi connectivity index (χ4n) is 2.68. The minimum atomic E-state index is -0.0726. The molecule has 1 N–H and O–H groups in total.